The summed E-state index contributed by atoms with van der Waals surface area (Å²) < 4.78 is 17.4. The highest BCUT2D eigenvalue weighted by molar-refractivity contribution is 5.75. The minimum absolute atomic E-state index is 0.0195. The molecule has 1 N–H and O–H groups in total. The fraction of sp³-hybridized carbons (Fsp3) is 0.933. The van der Waals surface area contributed by atoms with Gasteiger partial charge in [0.05, 0.1) is 31.5 Å². The van der Waals surface area contributed by atoms with E-state index in [1.807, 2.05) is 11.8 Å². The average molecular weight is 298 g/mol. The maximum absolute atomic E-state index is 12.5. The average Bonchev–Trinajstić information content (AvgIpc) is 3.10. The summed E-state index contributed by atoms with van der Waals surface area (Å²) >= 11 is 0. The van der Waals surface area contributed by atoms with E-state index in [9.17, 15) is 4.79 Å². The van der Waals surface area contributed by atoms with Crippen molar-refractivity contribution in [2.45, 2.75) is 63.6 Å². The Labute approximate surface area is 126 Å². The Balaban J connectivity index is 1.60. The highest BCUT2D eigenvalue weighted by atomic mass is 16.7. The molecule has 0 bridgehead atoms. The number of urea groups is 1. The second kappa shape index (κ2) is 6.10. The van der Waals surface area contributed by atoms with E-state index in [-0.39, 0.29) is 24.3 Å². The van der Waals surface area contributed by atoms with E-state index in [2.05, 4.69) is 12.2 Å². The molecule has 3 fully saturated rings. The lowest BCUT2D eigenvalue weighted by Gasteiger charge is -2.38. The number of nitrogens with one attached hydrogen (secondary N) is 1. The molecular formula is C15H26N2O4. The van der Waals surface area contributed by atoms with Crippen molar-refractivity contribution in [2.75, 3.05) is 26.3 Å². The summed E-state index contributed by atoms with van der Waals surface area (Å²) in [5, 5.41) is 3.13. The van der Waals surface area contributed by atoms with E-state index in [0.717, 1.165) is 25.7 Å². The van der Waals surface area contributed by atoms with Crippen LogP contribution in [0.15, 0.2) is 0 Å². The Morgan fingerprint density at radius 1 is 1.33 bits per heavy atom. The van der Waals surface area contributed by atoms with Crippen LogP contribution in [0.1, 0.15) is 39.5 Å². The number of carbonyl (C=O) groups excluding carboxylic acids is 1. The van der Waals surface area contributed by atoms with Gasteiger partial charge in [0.1, 0.15) is 0 Å². The molecule has 6 nitrogen and oxygen atoms in total. The zero-order chi connectivity index (χ0) is 14.9. The molecule has 1 spiro atoms. The van der Waals surface area contributed by atoms with Crippen molar-refractivity contribution in [3.05, 3.63) is 0 Å². The number of morpholine rings is 1. The molecular weight excluding hydrogens is 272 g/mol. The minimum atomic E-state index is -0.572. The number of rotatable bonds is 2. The second-order valence-corrected chi connectivity index (χ2v) is 6.29. The molecule has 2 saturated heterocycles. The predicted molar refractivity (Wildman–Crippen MR) is 77.0 cm³/mol. The minimum Gasteiger partial charge on any atom is -0.372 e. The highest BCUT2D eigenvalue weighted by Gasteiger charge is 2.49. The van der Waals surface area contributed by atoms with Gasteiger partial charge in [-0.1, -0.05) is 6.92 Å². The molecule has 0 radical (unpaired) electrons. The van der Waals surface area contributed by atoms with Crippen LogP contribution < -0.4 is 5.32 Å². The molecule has 1 saturated carbocycles. The van der Waals surface area contributed by atoms with Crippen molar-refractivity contribution < 1.29 is 19.0 Å². The second-order valence-electron chi connectivity index (χ2n) is 6.29. The Bertz CT molecular complexity index is 378. The molecule has 0 aromatic carbocycles. The van der Waals surface area contributed by atoms with E-state index in [0.29, 0.717) is 26.3 Å². The maximum atomic E-state index is 12.5. The van der Waals surface area contributed by atoms with Gasteiger partial charge in [-0.25, -0.2) is 4.79 Å². The zero-order valence-electron chi connectivity index (χ0n) is 13.0. The molecule has 21 heavy (non-hydrogen) atoms. The third-order valence-electron chi connectivity index (χ3n) is 4.69. The van der Waals surface area contributed by atoms with Crippen LogP contribution in [0, 0.1) is 0 Å². The Kier molecular flexibility index (Phi) is 4.38. The number of amides is 2. The summed E-state index contributed by atoms with van der Waals surface area (Å²) in [7, 11) is 0. The molecule has 0 aromatic rings. The van der Waals surface area contributed by atoms with Crippen LogP contribution in [0.2, 0.25) is 0 Å². The molecule has 3 atom stereocenters. The molecule has 2 amide bonds. The van der Waals surface area contributed by atoms with Gasteiger partial charge in [0.2, 0.25) is 0 Å². The molecule has 3 rings (SSSR count). The largest absolute Gasteiger partial charge is 0.372 e. The molecule has 6 heteroatoms. The van der Waals surface area contributed by atoms with Gasteiger partial charge < -0.3 is 24.4 Å². The van der Waals surface area contributed by atoms with Crippen LogP contribution in [0.4, 0.5) is 4.79 Å². The summed E-state index contributed by atoms with van der Waals surface area (Å²) in [4.78, 5) is 14.4. The van der Waals surface area contributed by atoms with Crippen LogP contribution in [-0.4, -0.2) is 61.3 Å². The quantitative estimate of drug-likeness (QED) is 0.839. The van der Waals surface area contributed by atoms with Crippen LogP contribution in [0.3, 0.4) is 0 Å². The highest BCUT2D eigenvalue weighted by Crippen LogP contribution is 2.37. The summed E-state index contributed by atoms with van der Waals surface area (Å²) in [5.41, 5.74) is 0. The van der Waals surface area contributed by atoms with Crippen molar-refractivity contribution in [1.82, 2.24) is 10.2 Å². The molecule has 3 aliphatic rings. The smallest absolute Gasteiger partial charge is 0.317 e. The number of carbonyl (C=O) groups is 1. The van der Waals surface area contributed by atoms with Crippen molar-refractivity contribution >= 4 is 6.03 Å². The number of nitrogens with zero attached hydrogens (tertiary/aromatic N) is 1. The lowest BCUT2D eigenvalue weighted by Crippen LogP contribution is -2.57. The van der Waals surface area contributed by atoms with Gasteiger partial charge >= 0.3 is 6.03 Å². The molecule has 1 aliphatic carbocycles. The Hall–Kier alpha value is -0.850. The summed E-state index contributed by atoms with van der Waals surface area (Å²) in [5.74, 6) is -0.572. The van der Waals surface area contributed by atoms with Crippen LogP contribution >= 0.6 is 0 Å². The first kappa shape index (κ1) is 15.1. The van der Waals surface area contributed by atoms with Crippen LogP contribution in [-0.2, 0) is 14.2 Å². The lowest BCUT2D eigenvalue weighted by atomic mass is 10.1. The van der Waals surface area contributed by atoms with Crippen molar-refractivity contribution in [3.63, 3.8) is 0 Å². The van der Waals surface area contributed by atoms with Gasteiger partial charge in [0.25, 0.3) is 0 Å². The first-order chi connectivity index (χ1) is 10.1. The van der Waals surface area contributed by atoms with Crippen molar-refractivity contribution in [1.29, 1.82) is 0 Å². The monoisotopic (exact) mass is 298 g/mol. The zero-order valence-corrected chi connectivity index (χ0v) is 13.0. The van der Waals surface area contributed by atoms with Gasteiger partial charge in [0.15, 0.2) is 5.79 Å². The van der Waals surface area contributed by atoms with E-state index in [4.69, 9.17) is 14.2 Å². The maximum Gasteiger partial charge on any atom is 0.317 e. The van der Waals surface area contributed by atoms with E-state index < -0.39 is 5.79 Å². The van der Waals surface area contributed by atoms with Crippen molar-refractivity contribution in [2.24, 2.45) is 0 Å². The fourth-order valence-corrected chi connectivity index (χ4v) is 3.62. The summed E-state index contributed by atoms with van der Waals surface area (Å²) in [6.07, 6.45) is 3.97. The molecule has 2 aliphatic heterocycles. The standard InChI is InChI=1S/C15H26N2O4/c1-3-12-10-17(9-11(2)21-12)14(18)16-13-5-4-6-15(13)19-7-8-20-15/h11-13H,3-10H2,1-2H3,(H,16,18). The number of hydrogen-bond acceptors (Lipinski definition) is 4. The van der Waals surface area contributed by atoms with Crippen LogP contribution in [0.5, 0.6) is 0 Å². The molecule has 3 unspecified atom stereocenters. The van der Waals surface area contributed by atoms with Gasteiger partial charge in [-0.2, -0.15) is 0 Å². The number of ether oxygens (including phenoxy) is 3. The molecule has 0 aromatic heterocycles. The summed E-state index contributed by atoms with van der Waals surface area (Å²) in [6, 6.07) is -0.0558. The number of hydrogen-bond donors (Lipinski definition) is 1. The van der Waals surface area contributed by atoms with Crippen LogP contribution in [0.25, 0.3) is 0 Å². The Morgan fingerprint density at radius 2 is 2.10 bits per heavy atom. The lowest BCUT2D eigenvalue weighted by molar-refractivity contribution is -0.164. The van der Waals surface area contributed by atoms with Gasteiger partial charge in [-0.05, 0) is 26.2 Å². The van der Waals surface area contributed by atoms with Gasteiger partial charge in [-0.15, -0.1) is 0 Å². The SMILES string of the molecule is CCC1CN(C(=O)NC2CCCC23OCCO3)CC(C)O1. The van der Waals surface area contributed by atoms with Gasteiger partial charge in [0, 0.05) is 19.5 Å². The fourth-order valence-electron chi connectivity index (χ4n) is 3.62. The molecule has 2 heterocycles. The first-order valence-corrected chi connectivity index (χ1v) is 8.12. The van der Waals surface area contributed by atoms with Gasteiger partial charge in [-0.3, -0.25) is 0 Å². The van der Waals surface area contributed by atoms with E-state index >= 15 is 0 Å². The van der Waals surface area contributed by atoms with E-state index in [1.54, 1.807) is 0 Å². The Morgan fingerprint density at radius 3 is 2.81 bits per heavy atom. The predicted octanol–water partition coefficient (Wildman–Crippen LogP) is 1.49. The topological polar surface area (TPSA) is 60.0 Å². The first-order valence-electron chi connectivity index (χ1n) is 8.12. The van der Waals surface area contributed by atoms with Crippen molar-refractivity contribution in [3.8, 4) is 0 Å². The van der Waals surface area contributed by atoms with E-state index in [1.165, 1.54) is 0 Å². The normalized spacial score (nSPS) is 35.3. The third kappa shape index (κ3) is 3.03. The molecule has 120 valence electrons. The summed E-state index contributed by atoms with van der Waals surface area (Å²) in [6.45, 7) is 6.66. The third-order valence-corrected chi connectivity index (χ3v) is 4.69.